The molecule has 0 radical (unpaired) electrons. The minimum Gasteiger partial charge on any atom is -0.386 e. The topological polar surface area (TPSA) is 356 Å². The molecule has 6 unspecified atom stereocenters. The number of nitrogens with zero attached hydrogens (tertiary/aromatic N) is 7. The number of nitrogens with two attached hydrogens (primary N) is 3. The fraction of sp³-hybridized carbons (Fsp3) is 0.500. The number of nitrogens with one attached hydrogen (secondary N) is 1. The number of aliphatic hydroxyl groups excluding tert-OH is 2. The quantitative estimate of drug-likeness (QED) is 0.0988. The van der Waals surface area contributed by atoms with E-state index in [4.69, 9.17) is 44.8 Å². The maximum Gasteiger partial charge on any atom is 0.472 e. The van der Waals surface area contributed by atoms with Gasteiger partial charge in [0.05, 0.1) is 25.9 Å². The van der Waals surface area contributed by atoms with Gasteiger partial charge in [0.1, 0.15) is 42.1 Å². The van der Waals surface area contributed by atoms with E-state index in [1.807, 2.05) is 0 Å². The van der Waals surface area contributed by atoms with E-state index in [0.717, 1.165) is 10.9 Å². The highest BCUT2D eigenvalue weighted by Gasteiger charge is 2.54. The Kier molecular flexibility index (Phi) is 7.39. The van der Waals surface area contributed by atoms with Crippen molar-refractivity contribution in [3.63, 3.8) is 0 Å². The van der Waals surface area contributed by atoms with E-state index in [2.05, 4.69) is 29.9 Å². The van der Waals surface area contributed by atoms with Crippen molar-refractivity contribution in [1.29, 1.82) is 0 Å². The van der Waals surface area contributed by atoms with E-state index in [0.29, 0.717) is 0 Å². The van der Waals surface area contributed by atoms with Crippen molar-refractivity contribution in [3.05, 3.63) is 23.0 Å². The maximum atomic E-state index is 13.1. The predicted octanol–water partition coefficient (Wildman–Crippen LogP) is -2.76. The average molecular weight is 689 g/mol. The molecule has 248 valence electrons. The lowest BCUT2D eigenvalue weighted by Gasteiger charge is -2.27. The van der Waals surface area contributed by atoms with Crippen molar-refractivity contribution >= 4 is 55.7 Å². The standard InChI is InChI=1S/C20H25N11O13P2/c21-13-7-14(27-19(22)26-13)30(3-24-7)17-9(32)11-5(41-17)1-39-46(37,38)44-12-6(2-40-45(35,36)43-11)42-18(10(12)33)31-4-25-8-15(31)28-20(23)29-16(8)34/h3-6,9-12,17-18,32-33H,1-2H2,(H,35,36)(H,37,38)(H4,21,22,26,27)(H3,23,28,29,34)/t5-,6-,9?,10?,11?,12?,17-,18-/m1/s1. The molecule has 10 atom stereocenters. The third kappa shape index (κ3) is 5.33. The van der Waals surface area contributed by atoms with Crippen molar-refractivity contribution in [2.75, 3.05) is 30.4 Å². The number of rotatable bonds is 2. The van der Waals surface area contributed by atoms with Crippen LogP contribution in [0.15, 0.2) is 17.4 Å². The molecule has 4 aromatic heterocycles. The fourth-order valence-corrected chi connectivity index (χ4v) is 7.33. The summed E-state index contributed by atoms with van der Waals surface area (Å²) in [6.45, 7) is -1.69. The van der Waals surface area contributed by atoms with Crippen LogP contribution in [0.2, 0.25) is 0 Å². The smallest absolute Gasteiger partial charge is 0.386 e. The molecule has 24 nitrogen and oxygen atoms in total. The molecule has 3 fully saturated rings. The van der Waals surface area contributed by atoms with Gasteiger partial charge in [0.15, 0.2) is 35.1 Å². The Morgan fingerprint density at radius 3 is 1.85 bits per heavy atom. The van der Waals surface area contributed by atoms with Crippen molar-refractivity contribution < 1.29 is 56.7 Å². The van der Waals surface area contributed by atoms with Crippen molar-refractivity contribution in [2.24, 2.45) is 0 Å². The first-order valence-electron chi connectivity index (χ1n) is 13.2. The molecule has 46 heavy (non-hydrogen) atoms. The molecule has 0 saturated carbocycles. The van der Waals surface area contributed by atoms with E-state index in [9.17, 15) is 33.9 Å². The molecule has 3 aliphatic rings. The van der Waals surface area contributed by atoms with Crippen LogP contribution in [0.3, 0.4) is 0 Å². The molecule has 0 amide bonds. The van der Waals surface area contributed by atoms with Gasteiger partial charge in [0, 0.05) is 0 Å². The molecule has 4 aromatic rings. The highest BCUT2D eigenvalue weighted by atomic mass is 31.2. The molecular formula is C20H25N11O13P2. The molecule has 7 heterocycles. The summed E-state index contributed by atoms with van der Waals surface area (Å²) in [6.07, 6.45) is -10.5. The van der Waals surface area contributed by atoms with Gasteiger partial charge in [-0.3, -0.25) is 37.0 Å². The maximum absolute atomic E-state index is 13.1. The Labute approximate surface area is 254 Å². The molecule has 26 heteroatoms. The van der Waals surface area contributed by atoms with Gasteiger partial charge in [-0.25, -0.2) is 19.1 Å². The highest BCUT2D eigenvalue weighted by molar-refractivity contribution is 7.47. The summed E-state index contributed by atoms with van der Waals surface area (Å²) in [6, 6.07) is 0. The summed E-state index contributed by atoms with van der Waals surface area (Å²) in [5.74, 6) is -0.562. The zero-order chi connectivity index (χ0) is 32.7. The van der Waals surface area contributed by atoms with E-state index >= 15 is 0 Å². The van der Waals surface area contributed by atoms with E-state index in [-0.39, 0.29) is 40.0 Å². The van der Waals surface area contributed by atoms with Gasteiger partial charge < -0.3 is 46.7 Å². The van der Waals surface area contributed by atoms with Crippen LogP contribution in [0.25, 0.3) is 22.3 Å². The van der Waals surface area contributed by atoms with Crippen LogP contribution in [0.4, 0.5) is 17.7 Å². The summed E-state index contributed by atoms with van der Waals surface area (Å²) in [7, 11) is -10.2. The lowest BCUT2D eigenvalue weighted by Crippen LogP contribution is -2.39. The first-order chi connectivity index (χ1) is 21.7. The zero-order valence-corrected chi connectivity index (χ0v) is 24.7. The summed E-state index contributed by atoms with van der Waals surface area (Å²) < 4.78 is 60.9. The minimum atomic E-state index is -5.08. The molecule has 0 spiro atoms. The molecule has 3 aliphatic heterocycles. The number of imidazole rings is 2. The van der Waals surface area contributed by atoms with Gasteiger partial charge in [0.2, 0.25) is 11.9 Å². The highest BCUT2D eigenvalue weighted by Crippen LogP contribution is 2.53. The van der Waals surface area contributed by atoms with Crippen LogP contribution >= 0.6 is 15.6 Å². The summed E-state index contributed by atoms with van der Waals surface area (Å²) in [4.78, 5) is 55.6. The number of aromatic amines is 1. The van der Waals surface area contributed by atoms with Crippen LogP contribution in [0.1, 0.15) is 12.5 Å². The second-order valence-electron chi connectivity index (χ2n) is 10.3. The molecule has 11 N–H and O–H groups in total. The van der Waals surface area contributed by atoms with Crippen LogP contribution in [-0.2, 0) is 36.7 Å². The van der Waals surface area contributed by atoms with Gasteiger partial charge >= 0.3 is 15.6 Å². The number of nitrogen functional groups attached to an aromatic ring is 3. The summed E-state index contributed by atoms with van der Waals surface area (Å²) >= 11 is 0. The van der Waals surface area contributed by atoms with E-state index in [1.54, 1.807) is 0 Å². The van der Waals surface area contributed by atoms with Crippen LogP contribution < -0.4 is 22.8 Å². The number of hydrogen-bond acceptors (Lipinski definition) is 19. The monoisotopic (exact) mass is 689 g/mol. The summed E-state index contributed by atoms with van der Waals surface area (Å²) in [5, 5.41) is 22.3. The number of anilines is 3. The zero-order valence-electron chi connectivity index (χ0n) is 22.9. The third-order valence-corrected chi connectivity index (χ3v) is 9.37. The lowest BCUT2D eigenvalue weighted by atomic mass is 10.1. The SMILES string of the molecule is Nc1nc(N)c2ncn([C@@H]3O[C@@H]4COP(=O)(O)OC5C(O)[C@H](n6cnc7c(=O)[nH]c(N)nc76)O[C@@H]5COP(=O)(O)OC4C3O)c2n1. The van der Waals surface area contributed by atoms with E-state index < -0.39 is 83.5 Å². The van der Waals surface area contributed by atoms with Crippen LogP contribution in [0.5, 0.6) is 0 Å². The number of aromatic nitrogens is 8. The van der Waals surface area contributed by atoms with Gasteiger partial charge in [-0.1, -0.05) is 0 Å². The number of phosphoric acid groups is 2. The van der Waals surface area contributed by atoms with Gasteiger partial charge in [-0.15, -0.1) is 0 Å². The normalized spacial score (nSPS) is 37.1. The number of aliphatic hydroxyl groups is 2. The molecular weight excluding hydrogens is 664 g/mol. The second kappa shape index (κ2) is 11.0. The van der Waals surface area contributed by atoms with Gasteiger partial charge in [0.25, 0.3) is 5.56 Å². The van der Waals surface area contributed by atoms with Crippen molar-refractivity contribution in [3.8, 4) is 0 Å². The van der Waals surface area contributed by atoms with Gasteiger partial charge in [-0.2, -0.15) is 15.0 Å². The molecule has 0 aliphatic carbocycles. The first-order valence-corrected chi connectivity index (χ1v) is 16.2. The number of ether oxygens (including phenoxy) is 2. The average Bonchev–Trinajstić information content (AvgIpc) is 3.72. The van der Waals surface area contributed by atoms with Crippen molar-refractivity contribution in [1.82, 2.24) is 39.0 Å². The fourth-order valence-electron chi connectivity index (χ4n) is 5.40. The van der Waals surface area contributed by atoms with Crippen molar-refractivity contribution in [2.45, 2.75) is 49.1 Å². The second-order valence-corrected chi connectivity index (χ2v) is 13.2. The molecule has 7 rings (SSSR count). The number of hydrogen-bond donors (Lipinski definition) is 8. The lowest BCUT2D eigenvalue weighted by molar-refractivity contribution is -0.0664. The molecule has 3 saturated heterocycles. The Bertz CT molecular complexity index is 1990. The Hall–Kier alpha value is -3.64. The predicted molar refractivity (Wildman–Crippen MR) is 148 cm³/mol. The van der Waals surface area contributed by atoms with Crippen LogP contribution in [0, 0.1) is 0 Å². The number of fused-ring (bicyclic) bond motifs is 4. The van der Waals surface area contributed by atoms with Gasteiger partial charge in [-0.05, 0) is 0 Å². The third-order valence-electron chi connectivity index (χ3n) is 7.40. The number of H-pyrrole nitrogens is 1. The summed E-state index contributed by atoms with van der Waals surface area (Å²) in [5.41, 5.74) is 16.3. The Morgan fingerprint density at radius 1 is 0.804 bits per heavy atom. The van der Waals surface area contributed by atoms with E-state index in [1.165, 1.54) is 10.9 Å². The Balaban J connectivity index is 1.17. The van der Waals surface area contributed by atoms with Crippen LogP contribution in [-0.4, -0.2) is 109 Å². The largest absolute Gasteiger partial charge is 0.472 e. The minimum absolute atomic E-state index is 0.0357. The molecule has 0 bridgehead atoms. The Morgan fingerprint density at radius 2 is 1.30 bits per heavy atom. The molecule has 0 aromatic carbocycles. The first kappa shape index (κ1) is 31.0. The number of phosphoric ester groups is 2.